The molecular formula is C24H22N2O4. The molecule has 0 fully saturated rings. The van der Waals surface area contributed by atoms with E-state index in [1.54, 1.807) is 31.4 Å². The molecule has 152 valence electrons. The number of nitrogens with one attached hydrogen (secondary N) is 1. The molecule has 0 saturated heterocycles. The third-order valence-electron chi connectivity index (χ3n) is 6.14. The summed E-state index contributed by atoms with van der Waals surface area (Å²) in [5, 5.41) is 13.2. The second-order valence-corrected chi connectivity index (χ2v) is 7.79. The van der Waals surface area contributed by atoms with Gasteiger partial charge in [-0.25, -0.2) is 0 Å². The third kappa shape index (κ3) is 2.75. The first-order valence-corrected chi connectivity index (χ1v) is 10.1. The van der Waals surface area contributed by atoms with Crippen LogP contribution in [0.2, 0.25) is 0 Å². The van der Waals surface area contributed by atoms with Crippen molar-refractivity contribution in [3.63, 3.8) is 0 Å². The number of aliphatic hydroxyl groups is 1. The molecule has 0 spiro atoms. The first-order chi connectivity index (χ1) is 14.6. The number of carbonyl (C=O) groups is 2. The summed E-state index contributed by atoms with van der Waals surface area (Å²) in [4.78, 5) is 25.8. The number of aliphatic hydroxyl groups excluding tert-OH is 1. The molecule has 5 rings (SSSR count). The highest BCUT2D eigenvalue weighted by atomic mass is 16.5. The summed E-state index contributed by atoms with van der Waals surface area (Å²) < 4.78 is 7.45. The van der Waals surface area contributed by atoms with Gasteiger partial charge in [0.2, 0.25) is 0 Å². The largest absolute Gasteiger partial charge is 0.497 e. The van der Waals surface area contributed by atoms with Crippen LogP contribution in [-0.2, 0) is 22.6 Å². The van der Waals surface area contributed by atoms with Gasteiger partial charge in [0.25, 0.3) is 11.8 Å². The van der Waals surface area contributed by atoms with Crippen LogP contribution < -0.4 is 10.1 Å². The first-order valence-electron chi connectivity index (χ1n) is 10.1. The average molecular weight is 402 g/mol. The van der Waals surface area contributed by atoms with E-state index in [4.69, 9.17) is 4.74 Å². The number of hydrogen-bond donors (Lipinski definition) is 2. The standard InChI is InChI=1S/C24H22N2O4/c1-30-16-8-6-15(7-9-16)20-22(24(29)25-23(20)28)21-17-4-2-3-5-18(17)26-11-10-14(13-27)12-19(21)26/h2-9,14,27H,10-13H2,1H3,(H,25,28,29). The van der Waals surface area contributed by atoms with Gasteiger partial charge in [-0.05, 0) is 42.5 Å². The van der Waals surface area contributed by atoms with E-state index in [1.807, 2.05) is 24.3 Å². The molecule has 2 amide bonds. The minimum Gasteiger partial charge on any atom is -0.497 e. The lowest BCUT2D eigenvalue weighted by atomic mass is 9.89. The van der Waals surface area contributed by atoms with Crippen LogP contribution in [0.15, 0.2) is 48.5 Å². The van der Waals surface area contributed by atoms with E-state index in [0.29, 0.717) is 28.9 Å². The van der Waals surface area contributed by atoms with Gasteiger partial charge in [0.15, 0.2) is 0 Å². The monoisotopic (exact) mass is 402 g/mol. The van der Waals surface area contributed by atoms with E-state index in [1.165, 1.54) is 0 Å². The van der Waals surface area contributed by atoms with Gasteiger partial charge in [0.1, 0.15) is 5.75 Å². The summed E-state index contributed by atoms with van der Waals surface area (Å²) in [6.07, 6.45) is 1.55. The topological polar surface area (TPSA) is 80.6 Å². The number of benzene rings is 2. The second kappa shape index (κ2) is 7.15. The lowest BCUT2D eigenvalue weighted by Gasteiger charge is -2.24. The van der Waals surface area contributed by atoms with Crippen molar-refractivity contribution in [2.24, 2.45) is 5.92 Å². The van der Waals surface area contributed by atoms with Crippen molar-refractivity contribution in [2.75, 3.05) is 13.7 Å². The van der Waals surface area contributed by atoms with Crippen LogP contribution in [0.4, 0.5) is 0 Å². The molecule has 1 unspecified atom stereocenters. The third-order valence-corrected chi connectivity index (χ3v) is 6.14. The summed E-state index contributed by atoms with van der Waals surface area (Å²) in [6, 6.07) is 15.1. The number of rotatable bonds is 4. The molecule has 2 aromatic carbocycles. The highest BCUT2D eigenvalue weighted by molar-refractivity contribution is 6.50. The molecule has 1 atom stereocenters. The van der Waals surface area contributed by atoms with E-state index in [-0.39, 0.29) is 18.4 Å². The maximum absolute atomic E-state index is 13.0. The van der Waals surface area contributed by atoms with Crippen LogP contribution in [0.25, 0.3) is 22.0 Å². The van der Waals surface area contributed by atoms with E-state index in [9.17, 15) is 14.7 Å². The summed E-state index contributed by atoms with van der Waals surface area (Å²) in [6.45, 7) is 0.887. The summed E-state index contributed by atoms with van der Waals surface area (Å²) >= 11 is 0. The van der Waals surface area contributed by atoms with Crippen molar-refractivity contribution in [1.82, 2.24) is 9.88 Å². The Morgan fingerprint density at radius 1 is 1.07 bits per heavy atom. The number of imide groups is 1. The van der Waals surface area contributed by atoms with Gasteiger partial charge in [-0.15, -0.1) is 0 Å². The molecule has 2 aliphatic rings. The predicted octanol–water partition coefficient (Wildman–Crippen LogP) is 2.77. The Labute approximate surface area is 173 Å². The van der Waals surface area contributed by atoms with Crippen molar-refractivity contribution in [3.8, 4) is 5.75 Å². The van der Waals surface area contributed by atoms with Crippen molar-refractivity contribution >= 4 is 33.9 Å². The Kier molecular flexibility index (Phi) is 4.44. The lowest BCUT2D eigenvalue weighted by Crippen LogP contribution is -2.24. The van der Waals surface area contributed by atoms with Crippen LogP contribution >= 0.6 is 0 Å². The zero-order valence-electron chi connectivity index (χ0n) is 16.6. The lowest BCUT2D eigenvalue weighted by molar-refractivity contribution is -0.122. The first kappa shape index (κ1) is 18.6. The van der Waals surface area contributed by atoms with Crippen molar-refractivity contribution in [1.29, 1.82) is 0 Å². The highest BCUT2D eigenvalue weighted by Crippen LogP contribution is 2.41. The molecule has 6 nitrogen and oxygen atoms in total. The van der Waals surface area contributed by atoms with Gasteiger partial charge < -0.3 is 14.4 Å². The number of hydrogen-bond acceptors (Lipinski definition) is 4. The molecule has 0 saturated carbocycles. The van der Waals surface area contributed by atoms with Crippen LogP contribution in [-0.4, -0.2) is 35.2 Å². The summed E-state index contributed by atoms with van der Waals surface area (Å²) in [5.74, 6) is 0.0590. The molecule has 0 radical (unpaired) electrons. The quantitative estimate of drug-likeness (QED) is 0.658. The van der Waals surface area contributed by atoms with E-state index >= 15 is 0 Å². The van der Waals surface area contributed by atoms with E-state index in [0.717, 1.165) is 35.1 Å². The van der Waals surface area contributed by atoms with Gasteiger partial charge in [-0.1, -0.05) is 30.3 Å². The van der Waals surface area contributed by atoms with Gasteiger partial charge >= 0.3 is 0 Å². The van der Waals surface area contributed by atoms with E-state index in [2.05, 4.69) is 9.88 Å². The SMILES string of the molecule is COc1ccc(C2=C(c3c4n(c5ccccc35)CCC(CO)C4)C(=O)NC2=O)cc1. The Balaban J connectivity index is 1.80. The molecule has 6 heteroatoms. The molecule has 3 aromatic rings. The molecule has 1 aromatic heterocycles. The summed E-state index contributed by atoms with van der Waals surface area (Å²) in [7, 11) is 1.59. The fraction of sp³-hybridized carbons (Fsp3) is 0.250. The van der Waals surface area contributed by atoms with Crippen molar-refractivity contribution in [3.05, 3.63) is 65.4 Å². The smallest absolute Gasteiger partial charge is 0.259 e. The normalized spacial score (nSPS) is 18.7. The zero-order chi connectivity index (χ0) is 20.8. The number of aryl methyl sites for hydroxylation is 1. The van der Waals surface area contributed by atoms with Crippen molar-refractivity contribution in [2.45, 2.75) is 19.4 Å². The predicted molar refractivity (Wildman–Crippen MR) is 114 cm³/mol. The minimum atomic E-state index is -0.390. The maximum Gasteiger partial charge on any atom is 0.259 e. The molecule has 2 aliphatic heterocycles. The number of aromatic nitrogens is 1. The van der Waals surface area contributed by atoms with Crippen molar-refractivity contribution < 1.29 is 19.4 Å². The second-order valence-electron chi connectivity index (χ2n) is 7.79. The highest BCUT2D eigenvalue weighted by Gasteiger charge is 2.37. The maximum atomic E-state index is 13.0. The Hall–Kier alpha value is -3.38. The number of para-hydroxylation sites is 1. The number of fused-ring (bicyclic) bond motifs is 3. The zero-order valence-corrected chi connectivity index (χ0v) is 16.6. The van der Waals surface area contributed by atoms with Crippen LogP contribution in [0, 0.1) is 5.92 Å². The molecule has 30 heavy (non-hydrogen) atoms. The van der Waals surface area contributed by atoms with Crippen LogP contribution in [0.3, 0.4) is 0 Å². The molecule has 2 N–H and O–H groups in total. The molecule has 3 heterocycles. The number of amides is 2. The fourth-order valence-electron chi connectivity index (χ4n) is 4.67. The Morgan fingerprint density at radius 2 is 1.80 bits per heavy atom. The van der Waals surface area contributed by atoms with Gasteiger partial charge in [-0.3, -0.25) is 14.9 Å². The van der Waals surface area contributed by atoms with Gasteiger partial charge in [0, 0.05) is 35.3 Å². The average Bonchev–Trinajstić information content (AvgIpc) is 3.25. The minimum absolute atomic E-state index is 0.108. The van der Waals surface area contributed by atoms with Crippen LogP contribution in [0.5, 0.6) is 5.75 Å². The molecular weight excluding hydrogens is 380 g/mol. The Morgan fingerprint density at radius 3 is 2.53 bits per heavy atom. The number of nitrogens with zero attached hydrogens (tertiary/aromatic N) is 1. The number of methoxy groups -OCH3 is 1. The van der Waals surface area contributed by atoms with Crippen LogP contribution in [0.1, 0.15) is 23.2 Å². The Bertz CT molecular complexity index is 1200. The molecule has 0 aliphatic carbocycles. The summed E-state index contributed by atoms with van der Waals surface area (Å²) in [5.41, 5.74) is 4.33. The van der Waals surface area contributed by atoms with Gasteiger partial charge in [0.05, 0.1) is 18.3 Å². The number of carbonyl (C=O) groups excluding carboxylic acids is 2. The fourth-order valence-corrected chi connectivity index (χ4v) is 4.67. The number of ether oxygens (including phenoxy) is 1. The van der Waals surface area contributed by atoms with Gasteiger partial charge in [-0.2, -0.15) is 0 Å². The van der Waals surface area contributed by atoms with E-state index < -0.39 is 5.91 Å². The molecule has 0 bridgehead atoms.